The highest BCUT2D eigenvalue weighted by molar-refractivity contribution is 8.00. The van der Waals surface area contributed by atoms with Crippen molar-refractivity contribution in [2.24, 2.45) is 5.92 Å². The van der Waals surface area contributed by atoms with Gasteiger partial charge in [-0.3, -0.25) is 4.79 Å². The molecule has 1 rings (SSSR count). The summed E-state index contributed by atoms with van der Waals surface area (Å²) in [5.41, 5.74) is 0. The van der Waals surface area contributed by atoms with Gasteiger partial charge in [0.1, 0.15) is 5.78 Å². The third-order valence-electron chi connectivity index (χ3n) is 2.45. The van der Waals surface area contributed by atoms with E-state index in [2.05, 4.69) is 0 Å². The van der Waals surface area contributed by atoms with E-state index in [-0.39, 0.29) is 12.5 Å². The molecule has 0 aromatic heterocycles. The number of carbonyl (C=O) groups is 1. The summed E-state index contributed by atoms with van der Waals surface area (Å²) in [4.78, 5) is 11.2. The van der Waals surface area contributed by atoms with Crippen LogP contribution in [0.1, 0.15) is 19.8 Å². The Morgan fingerprint density at radius 3 is 2.85 bits per heavy atom. The van der Waals surface area contributed by atoms with Crippen LogP contribution in [-0.2, 0) is 4.79 Å². The molecule has 0 aromatic rings. The fourth-order valence-corrected chi connectivity index (χ4v) is 2.78. The molecule has 0 aliphatic heterocycles. The summed E-state index contributed by atoms with van der Waals surface area (Å²) in [5.74, 6) is 0.977. The molecule has 13 heavy (non-hydrogen) atoms. The van der Waals surface area contributed by atoms with Crippen LogP contribution in [0, 0.1) is 5.92 Å². The standard InChI is InChI=1S/C9H16O3S/c1-6-8(12)2-3-9(6)13-5-7(11)4-10/h6-7,9-11H,2-5H2,1H3. The second kappa shape index (κ2) is 4.98. The molecule has 4 heteroatoms. The normalized spacial score (nSPS) is 30.8. The van der Waals surface area contributed by atoms with Crippen LogP contribution < -0.4 is 0 Å². The van der Waals surface area contributed by atoms with Gasteiger partial charge in [-0.15, -0.1) is 0 Å². The zero-order valence-corrected chi connectivity index (χ0v) is 8.59. The fourth-order valence-electron chi connectivity index (χ4n) is 1.48. The molecule has 1 saturated carbocycles. The summed E-state index contributed by atoms with van der Waals surface area (Å²) < 4.78 is 0. The van der Waals surface area contributed by atoms with Gasteiger partial charge in [-0.05, 0) is 6.42 Å². The van der Waals surface area contributed by atoms with Crippen LogP contribution in [0.25, 0.3) is 0 Å². The maximum absolute atomic E-state index is 11.2. The lowest BCUT2D eigenvalue weighted by Gasteiger charge is -2.15. The summed E-state index contributed by atoms with van der Waals surface area (Å²) in [6, 6.07) is 0. The van der Waals surface area contributed by atoms with Crippen LogP contribution in [-0.4, -0.2) is 39.7 Å². The second-order valence-corrected chi connectivity index (χ2v) is 4.77. The summed E-state index contributed by atoms with van der Waals surface area (Å²) >= 11 is 1.60. The first-order valence-corrected chi connectivity index (χ1v) is 5.63. The number of thioether (sulfide) groups is 1. The van der Waals surface area contributed by atoms with Gasteiger partial charge in [0.2, 0.25) is 0 Å². The van der Waals surface area contributed by atoms with Crippen LogP contribution >= 0.6 is 11.8 Å². The predicted octanol–water partition coefficient (Wildman–Crippen LogP) is 0.440. The Morgan fingerprint density at radius 1 is 1.69 bits per heavy atom. The van der Waals surface area contributed by atoms with Gasteiger partial charge in [0, 0.05) is 23.3 Å². The highest BCUT2D eigenvalue weighted by Crippen LogP contribution is 2.32. The van der Waals surface area contributed by atoms with Gasteiger partial charge < -0.3 is 10.2 Å². The lowest BCUT2D eigenvalue weighted by Crippen LogP contribution is -2.19. The Bertz CT molecular complexity index is 184. The van der Waals surface area contributed by atoms with Crippen molar-refractivity contribution in [3.05, 3.63) is 0 Å². The maximum atomic E-state index is 11.2. The smallest absolute Gasteiger partial charge is 0.136 e. The van der Waals surface area contributed by atoms with Crippen molar-refractivity contribution in [2.45, 2.75) is 31.1 Å². The van der Waals surface area contributed by atoms with E-state index in [1.54, 1.807) is 11.8 Å². The molecule has 1 fully saturated rings. The van der Waals surface area contributed by atoms with Gasteiger partial charge in [0.25, 0.3) is 0 Å². The van der Waals surface area contributed by atoms with Crippen LogP contribution in [0.15, 0.2) is 0 Å². The van der Waals surface area contributed by atoms with Crippen LogP contribution in [0.3, 0.4) is 0 Å². The molecular formula is C9H16O3S. The third kappa shape index (κ3) is 2.97. The van der Waals surface area contributed by atoms with Gasteiger partial charge in [-0.1, -0.05) is 6.92 Å². The fraction of sp³-hybridized carbons (Fsp3) is 0.889. The van der Waals surface area contributed by atoms with Gasteiger partial charge in [0.05, 0.1) is 12.7 Å². The monoisotopic (exact) mass is 204 g/mol. The molecule has 2 N–H and O–H groups in total. The van der Waals surface area contributed by atoms with Crippen molar-refractivity contribution in [3.8, 4) is 0 Å². The molecule has 0 radical (unpaired) electrons. The third-order valence-corrected chi connectivity index (χ3v) is 4.10. The number of aliphatic hydroxyl groups is 2. The average Bonchev–Trinajstić information content (AvgIpc) is 2.44. The Labute approximate surface area is 82.5 Å². The van der Waals surface area contributed by atoms with E-state index < -0.39 is 6.10 Å². The van der Waals surface area contributed by atoms with Crippen molar-refractivity contribution in [2.75, 3.05) is 12.4 Å². The zero-order valence-electron chi connectivity index (χ0n) is 7.77. The minimum Gasteiger partial charge on any atom is -0.394 e. The Morgan fingerprint density at radius 2 is 2.38 bits per heavy atom. The lowest BCUT2D eigenvalue weighted by molar-refractivity contribution is -0.120. The van der Waals surface area contributed by atoms with Gasteiger partial charge in [-0.2, -0.15) is 11.8 Å². The molecule has 0 spiro atoms. The number of aliphatic hydroxyl groups excluding tert-OH is 2. The molecule has 0 bridgehead atoms. The number of carbonyl (C=O) groups excluding carboxylic acids is 1. The minimum atomic E-state index is -0.645. The molecule has 0 saturated heterocycles. The first kappa shape index (κ1) is 11.0. The number of ketones is 1. The van der Waals surface area contributed by atoms with Crippen molar-refractivity contribution >= 4 is 17.5 Å². The van der Waals surface area contributed by atoms with E-state index in [0.29, 0.717) is 23.2 Å². The van der Waals surface area contributed by atoms with Crippen molar-refractivity contribution in [1.29, 1.82) is 0 Å². The summed E-state index contributed by atoms with van der Waals surface area (Å²) in [6.07, 6.45) is 0.949. The molecule has 0 amide bonds. The van der Waals surface area contributed by atoms with Gasteiger partial charge in [0.15, 0.2) is 0 Å². The Balaban J connectivity index is 2.26. The van der Waals surface area contributed by atoms with Gasteiger partial charge >= 0.3 is 0 Å². The highest BCUT2D eigenvalue weighted by atomic mass is 32.2. The molecule has 0 aromatic carbocycles. The zero-order chi connectivity index (χ0) is 9.84. The molecule has 3 atom stereocenters. The maximum Gasteiger partial charge on any atom is 0.136 e. The molecular weight excluding hydrogens is 188 g/mol. The van der Waals surface area contributed by atoms with E-state index >= 15 is 0 Å². The van der Waals surface area contributed by atoms with E-state index in [0.717, 1.165) is 6.42 Å². The van der Waals surface area contributed by atoms with Crippen LogP contribution in [0.5, 0.6) is 0 Å². The quantitative estimate of drug-likeness (QED) is 0.697. The van der Waals surface area contributed by atoms with E-state index in [1.807, 2.05) is 6.92 Å². The Hall–Kier alpha value is -0.0600. The summed E-state index contributed by atoms with van der Waals surface area (Å²) in [5, 5.41) is 18.1. The molecule has 3 unspecified atom stereocenters. The SMILES string of the molecule is CC1C(=O)CCC1SCC(O)CO. The molecule has 76 valence electrons. The summed E-state index contributed by atoms with van der Waals surface area (Å²) in [6.45, 7) is 1.75. The molecule has 1 aliphatic carbocycles. The molecule has 0 heterocycles. The van der Waals surface area contributed by atoms with Crippen molar-refractivity contribution in [1.82, 2.24) is 0 Å². The van der Waals surface area contributed by atoms with Crippen molar-refractivity contribution in [3.63, 3.8) is 0 Å². The van der Waals surface area contributed by atoms with Crippen LogP contribution in [0.2, 0.25) is 0 Å². The molecule has 1 aliphatic rings. The van der Waals surface area contributed by atoms with Gasteiger partial charge in [-0.25, -0.2) is 0 Å². The van der Waals surface area contributed by atoms with Crippen molar-refractivity contribution < 1.29 is 15.0 Å². The predicted molar refractivity (Wildman–Crippen MR) is 52.7 cm³/mol. The summed E-state index contributed by atoms with van der Waals surface area (Å²) in [7, 11) is 0. The highest BCUT2D eigenvalue weighted by Gasteiger charge is 2.31. The lowest BCUT2D eigenvalue weighted by atomic mass is 10.1. The first-order valence-electron chi connectivity index (χ1n) is 4.58. The first-order chi connectivity index (χ1) is 6.15. The van der Waals surface area contributed by atoms with E-state index in [1.165, 1.54) is 0 Å². The van der Waals surface area contributed by atoms with Crippen LogP contribution in [0.4, 0.5) is 0 Å². The number of hydrogen-bond acceptors (Lipinski definition) is 4. The van der Waals surface area contributed by atoms with E-state index in [9.17, 15) is 4.79 Å². The minimum absolute atomic E-state index is 0.121. The van der Waals surface area contributed by atoms with E-state index in [4.69, 9.17) is 10.2 Å². The molecule has 3 nitrogen and oxygen atoms in total. The Kier molecular flexibility index (Phi) is 4.22. The number of Topliss-reactive ketones (excluding diaryl/α,β-unsaturated/α-hetero) is 1. The number of hydrogen-bond donors (Lipinski definition) is 2. The second-order valence-electron chi connectivity index (χ2n) is 3.50. The average molecular weight is 204 g/mol. The largest absolute Gasteiger partial charge is 0.394 e. The number of rotatable bonds is 4. The topological polar surface area (TPSA) is 57.5 Å².